The second-order valence-electron chi connectivity index (χ2n) is 5.74. The van der Waals surface area contributed by atoms with E-state index in [4.69, 9.17) is 4.74 Å². The van der Waals surface area contributed by atoms with Crippen LogP contribution in [-0.4, -0.2) is 45.1 Å². The van der Waals surface area contributed by atoms with E-state index in [-0.39, 0.29) is 18.0 Å². The maximum absolute atomic E-state index is 14.0. The molecule has 0 aromatic heterocycles. The Balaban J connectivity index is 2.37. The molecule has 1 saturated heterocycles. The van der Waals surface area contributed by atoms with E-state index in [1.165, 1.54) is 16.4 Å². The molecule has 118 valence electrons. The van der Waals surface area contributed by atoms with Crippen LogP contribution in [0.15, 0.2) is 23.1 Å². The van der Waals surface area contributed by atoms with E-state index >= 15 is 0 Å². The minimum absolute atomic E-state index is 0.213. The maximum Gasteiger partial charge on any atom is 0.246 e. The van der Waals surface area contributed by atoms with Gasteiger partial charge in [0.05, 0.1) is 12.2 Å². The third-order valence-corrected chi connectivity index (χ3v) is 5.25. The summed E-state index contributed by atoms with van der Waals surface area (Å²) in [4.78, 5) is -0.270. The van der Waals surface area contributed by atoms with Gasteiger partial charge in [0.25, 0.3) is 0 Å². The highest BCUT2D eigenvalue weighted by Crippen LogP contribution is 2.25. The topological polar surface area (TPSA) is 58.6 Å². The fraction of sp³-hybridized carbons (Fsp3) is 0.571. The number of morpholine rings is 1. The van der Waals surface area contributed by atoms with Gasteiger partial charge in [-0.25, -0.2) is 12.8 Å². The number of ether oxygens (including phenoxy) is 1. The molecule has 0 radical (unpaired) electrons. The zero-order valence-corrected chi connectivity index (χ0v) is 13.3. The number of halogens is 1. The summed E-state index contributed by atoms with van der Waals surface area (Å²) in [7, 11) is -2.10. The smallest absolute Gasteiger partial charge is 0.246 e. The first-order chi connectivity index (χ1) is 9.76. The third kappa shape index (κ3) is 3.60. The van der Waals surface area contributed by atoms with Crippen molar-refractivity contribution in [1.29, 1.82) is 0 Å². The number of hydrogen-bond donors (Lipinski definition) is 1. The average molecular weight is 316 g/mol. The number of nitrogens with zero attached hydrogens (tertiary/aromatic N) is 1. The monoisotopic (exact) mass is 316 g/mol. The molecule has 0 bridgehead atoms. The van der Waals surface area contributed by atoms with Gasteiger partial charge >= 0.3 is 0 Å². The van der Waals surface area contributed by atoms with Gasteiger partial charge in [-0.3, -0.25) is 0 Å². The van der Waals surface area contributed by atoms with E-state index in [0.717, 1.165) is 5.56 Å². The van der Waals surface area contributed by atoms with E-state index < -0.39 is 21.4 Å². The van der Waals surface area contributed by atoms with Crippen molar-refractivity contribution in [3.63, 3.8) is 0 Å². The quantitative estimate of drug-likeness (QED) is 0.911. The molecule has 1 aromatic rings. The molecule has 0 unspecified atom stereocenters. The van der Waals surface area contributed by atoms with E-state index in [1.807, 2.05) is 13.8 Å². The second-order valence-corrected chi connectivity index (χ2v) is 7.65. The van der Waals surface area contributed by atoms with Crippen molar-refractivity contribution >= 4 is 10.0 Å². The summed E-state index contributed by atoms with van der Waals surface area (Å²) in [5, 5.41) is 2.92. The molecule has 1 aliphatic heterocycles. The Morgan fingerprint density at radius 3 is 2.76 bits per heavy atom. The van der Waals surface area contributed by atoms with Gasteiger partial charge in [-0.05, 0) is 38.6 Å². The summed E-state index contributed by atoms with van der Waals surface area (Å²) in [5.41, 5.74) is 0.162. The minimum Gasteiger partial charge on any atom is -0.373 e. The fourth-order valence-electron chi connectivity index (χ4n) is 2.38. The number of benzene rings is 1. The molecule has 1 aliphatic rings. The molecule has 5 nitrogen and oxygen atoms in total. The normalized spacial score (nSPS) is 19.6. The molecule has 0 saturated carbocycles. The van der Waals surface area contributed by atoms with Crippen molar-refractivity contribution in [1.82, 2.24) is 9.62 Å². The van der Waals surface area contributed by atoms with Gasteiger partial charge in [0.1, 0.15) is 10.7 Å². The molecule has 1 aromatic carbocycles. The predicted molar refractivity (Wildman–Crippen MR) is 78.0 cm³/mol. The van der Waals surface area contributed by atoms with Gasteiger partial charge in [0.2, 0.25) is 10.0 Å². The van der Waals surface area contributed by atoms with Crippen molar-refractivity contribution in [3.05, 3.63) is 29.6 Å². The molecular weight excluding hydrogens is 295 g/mol. The molecule has 1 heterocycles. The predicted octanol–water partition coefficient (Wildman–Crippen LogP) is 1.34. The van der Waals surface area contributed by atoms with E-state index in [1.54, 1.807) is 13.1 Å². The summed E-state index contributed by atoms with van der Waals surface area (Å²) >= 11 is 0. The van der Waals surface area contributed by atoms with Crippen molar-refractivity contribution < 1.29 is 17.5 Å². The Bertz CT molecular complexity index is 617. The van der Waals surface area contributed by atoms with Gasteiger partial charge in [-0.15, -0.1) is 0 Å². The summed E-state index contributed by atoms with van der Waals surface area (Å²) < 4.78 is 46.1. The van der Waals surface area contributed by atoms with Crippen LogP contribution in [0.4, 0.5) is 4.39 Å². The minimum atomic E-state index is -3.85. The van der Waals surface area contributed by atoms with Crippen LogP contribution >= 0.6 is 0 Å². The molecule has 0 atom stereocenters. The van der Waals surface area contributed by atoms with Gasteiger partial charge in [0.15, 0.2) is 0 Å². The molecule has 1 N–H and O–H groups in total. The average Bonchev–Trinajstić information content (AvgIpc) is 2.40. The number of nitrogens with one attached hydrogen (secondary N) is 1. The SMILES string of the molecule is CNCc1ccc(F)c(S(=O)(=O)N2CCOC(C)(C)C2)c1. The van der Waals surface area contributed by atoms with Gasteiger partial charge in [-0.1, -0.05) is 6.07 Å². The van der Waals surface area contributed by atoms with Crippen molar-refractivity contribution in [3.8, 4) is 0 Å². The highest BCUT2D eigenvalue weighted by molar-refractivity contribution is 7.89. The van der Waals surface area contributed by atoms with Gasteiger partial charge < -0.3 is 10.1 Å². The number of rotatable bonds is 4. The first-order valence-electron chi connectivity index (χ1n) is 6.83. The Morgan fingerprint density at radius 2 is 2.14 bits per heavy atom. The molecule has 1 fully saturated rings. The van der Waals surface area contributed by atoms with E-state index in [2.05, 4.69) is 5.32 Å². The zero-order valence-electron chi connectivity index (χ0n) is 12.5. The molecule has 0 aliphatic carbocycles. The summed E-state index contributed by atoms with van der Waals surface area (Å²) in [6.07, 6.45) is 0. The van der Waals surface area contributed by atoms with Crippen LogP contribution in [0.25, 0.3) is 0 Å². The molecule has 2 rings (SSSR count). The Labute approximate surface area is 125 Å². The van der Waals surface area contributed by atoms with Gasteiger partial charge in [0, 0.05) is 19.6 Å². The van der Waals surface area contributed by atoms with Crippen molar-refractivity contribution in [2.75, 3.05) is 26.7 Å². The van der Waals surface area contributed by atoms with Crippen LogP contribution in [-0.2, 0) is 21.3 Å². The Hall–Kier alpha value is -1.02. The Kier molecular flexibility index (Phi) is 4.67. The zero-order chi connectivity index (χ0) is 15.7. The van der Waals surface area contributed by atoms with Crippen LogP contribution in [0.3, 0.4) is 0 Å². The van der Waals surface area contributed by atoms with Gasteiger partial charge in [-0.2, -0.15) is 4.31 Å². The van der Waals surface area contributed by atoms with Crippen LogP contribution in [0.2, 0.25) is 0 Å². The lowest BCUT2D eigenvalue weighted by Gasteiger charge is -2.37. The van der Waals surface area contributed by atoms with Crippen LogP contribution in [0.5, 0.6) is 0 Å². The molecule has 0 spiro atoms. The first kappa shape index (κ1) is 16.4. The van der Waals surface area contributed by atoms with E-state index in [0.29, 0.717) is 13.2 Å². The summed E-state index contributed by atoms with van der Waals surface area (Å²) in [6, 6.07) is 4.17. The molecule has 0 amide bonds. The number of sulfonamides is 1. The lowest BCUT2D eigenvalue weighted by atomic mass is 10.1. The van der Waals surface area contributed by atoms with Crippen molar-refractivity contribution in [2.45, 2.75) is 30.9 Å². The van der Waals surface area contributed by atoms with E-state index in [9.17, 15) is 12.8 Å². The highest BCUT2D eigenvalue weighted by Gasteiger charge is 2.36. The Morgan fingerprint density at radius 1 is 1.43 bits per heavy atom. The lowest BCUT2D eigenvalue weighted by Crippen LogP contribution is -2.50. The fourth-order valence-corrected chi connectivity index (χ4v) is 4.07. The maximum atomic E-state index is 14.0. The highest BCUT2D eigenvalue weighted by atomic mass is 32.2. The lowest BCUT2D eigenvalue weighted by molar-refractivity contribution is -0.0640. The van der Waals surface area contributed by atoms with Crippen molar-refractivity contribution in [2.24, 2.45) is 0 Å². The molecule has 7 heteroatoms. The first-order valence-corrected chi connectivity index (χ1v) is 8.27. The standard InChI is InChI=1S/C14H21FN2O3S/c1-14(2)10-17(6-7-20-14)21(18,19)13-8-11(9-16-3)4-5-12(13)15/h4-5,8,16H,6-7,9-10H2,1-3H3. The summed E-state index contributed by atoms with van der Waals surface area (Å²) in [6.45, 7) is 4.89. The molecular formula is C14H21FN2O3S. The summed E-state index contributed by atoms with van der Waals surface area (Å²) in [5.74, 6) is -0.723. The van der Waals surface area contributed by atoms with Crippen LogP contribution in [0, 0.1) is 5.82 Å². The largest absolute Gasteiger partial charge is 0.373 e. The number of hydrogen-bond acceptors (Lipinski definition) is 4. The third-order valence-electron chi connectivity index (χ3n) is 3.38. The second kappa shape index (κ2) is 6.00. The molecule has 21 heavy (non-hydrogen) atoms. The van der Waals surface area contributed by atoms with Crippen LogP contribution < -0.4 is 5.32 Å². The van der Waals surface area contributed by atoms with Crippen LogP contribution in [0.1, 0.15) is 19.4 Å².